The fourth-order valence-corrected chi connectivity index (χ4v) is 3.81. The summed E-state index contributed by atoms with van der Waals surface area (Å²) in [4.78, 5) is 0. The summed E-state index contributed by atoms with van der Waals surface area (Å²) in [5.74, 6) is 3.49. The lowest BCUT2D eigenvalue weighted by molar-refractivity contribution is 0.139. The summed E-state index contributed by atoms with van der Waals surface area (Å²) in [6, 6.07) is 2.12. The van der Waals surface area contributed by atoms with Crippen LogP contribution in [-0.4, -0.2) is 0 Å². The topological polar surface area (TPSA) is 22.4 Å². The third kappa shape index (κ3) is 1.18. The van der Waals surface area contributed by atoms with Crippen molar-refractivity contribution in [3.05, 3.63) is 47.8 Å². The first-order chi connectivity index (χ1) is 8.63. The molecule has 0 aromatic carbocycles. The van der Waals surface area contributed by atoms with Gasteiger partial charge in [-0.05, 0) is 42.5 Å². The number of furan rings is 1. The second kappa shape index (κ2) is 3.78. The summed E-state index contributed by atoms with van der Waals surface area (Å²) in [5.41, 5.74) is 1.32. The lowest BCUT2D eigenvalue weighted by Crippen LogP contribution is -2.39. The highest BCUT2D eigenvalue weighted by Crippen LogP contribution is 2.60. The monoisotopic (exact) mass is 244 g/mol. The van der Waals surface area contributed by atoms with E-state index in [9.17, 15) is 0 Å². The molecule has 1 aliphatic carbocycles. The summed E-state index contributed by atoms with van der Waals surface area (Å²) < 4.78 is 11.5. The van der Waals surface area contributed by atoms with Crippen LogP contribution in [0.25, 0.3) is 0 Å². The molecule has 2 unspecified atom stereocenters. The van der Waals surface area contributed by atoms with E-state index in [0.29, 0.717) is 17.8 Å². The van der Waals surface area contributed by atoms with Crippen LogP contribution in [0.4, 0.5) is 0 Å². The Kier molecular flexibility index (Phi) is 2.44. The summed E-state index contributed by atoms with van der Waals surface area (Å²) >= 11 is 0. The summed E-state index contributed by atoms with van der Waals surface area (Å²) in [5, 5.41) is 0. The molecule has 0 N–H and O–H groups in total. The van der Waals surface area contributed by atoms with E-state index in [1.165, 1.54) is 5.56 Å². The third-order valence-electron chi connectivity index (χ3n) is 5.06. The maximum atomic E-state index is 5.75. The van der Waals surface area contributed by atoms with Crippen molar-refractivity contribution in [1.82, 2.24) is 0 Å². The quantitative estimate of drug-likeness (QED) is 0.667. The van der Waals surface area contributed by atoms with E-state index in [-0.39, 0.29) is 5.41 Å². The second-order valence-corrected chi connectivity index (χ2v) is 5.55. The van der Waals surface area contributed by atoms with Crippen LogP contribution >= 0.6 is 0 Å². The van der Waals surface area contributed by atoms with Crippen LogP contribution in [-0.2, 0) is 4.74 Å². The Bertz CT molecular complexity index is 523. The van der Waals surface area contributed by atoms with E-state index >= 15 is 0 Å². The predicted molar refractivity (Wildman–Crippen MR) is 71.1 cm³/mol. The van der Waals surface area contributed by atoms with Gasteiger partial charge in [0.15, 0.2) is 0 Å². The SMILES string of the molecule is C/C=C1\OC=CC12C(C)c1occc1[C@@H](C)[C@H]2C. The zero-order chi connectivity index (χ0) is 12.9. The van der Waals surface area contributed by atoms with Crippen molar-refractivity contribution in [3.8, 4) is 0 Å². The van der Waals surface area contributed by atoms with E-state index < -0.39 is 0 Å². The lowest BCUT2D eigenvalue weighted by atomic mass is 9.57. The molecule has 1 aliphatic heterocycles. The summed E-state index contributed by atoms with van der Waals surface area (Å²) in [7, 11) is 0. The Balaban J connectivity index is 2.21. The largest absolute Gasteiger partial charge is 0.469 e. The van der Waals surface area contributed by atoms with Crippen molar-refractivity contribution in [2.75, 3.05) is 0 Å². The Hall–Kier alpha value is -1.44. The van der Waals surface area contributed by atoms with Gasteiger partial charge in [-0.2, -0.15) is 0 Å². The summed E-state index contributed by atoms with van der Waals surface area (Å²) in [6.07, 6.45) is 7.97. The first kappa shape index (κ1) is 11.6. The molecule has 1 aromatic heterocycles. The highest BCUT2D eigenvalue weighted by molar-refractivity contribution is 5.40. The van der Waals surface area contributed by atoms with E-state index in [0.717, 1.165) is 11.5 Å². The van der Waals surface area contributed by atoms with Gasteiger partial charge in [0.1, 0.15) is 11.5 Å². The van der Waals surface area contributed by atoms with Crippen LogP contribution in [0.2, 0.25) is 0 Å². The number of fused-ring (bicyclic) bond motifs is 1. The molecule has 1 spiro atoms. The lowest BCUT2D eigenvalue weighted by Gasteiger charge is -2.45. The molecule has 0 amide bonds. The Morgan fingerprint density at radius 1 is 1.28 bits per heavy atom. The molecule has 0 radical (unpaired) electrons. The molecule has 4 atom stereocenters. The Morgan fingerprint density at radius 2 is 2.06 bits per heavy atom. The highest BCUT2D eigenvalue weighted by atomic mass is 16.5. The molecule has 2 heteroatoms. The first-order valence-electron chi connectivity index (χ1n) is 6.71. The molecular weight excluding hydrogens is 224 g/mol. The molecule has 96 valence electrons. The Labute approximate surface area is 108 Å². The molecule has 2 heterocycles. The van der Waals surface area contributed by atoms with E-state index in [1.807, 2.05) is 19.4 Å². The smallest absolute Gasteiger partial charge is 0.111 e. The van der Waals surface area contributed by atoms with Crippen LogP contribution in [0.3, 0.4) is 0 Å². The van der Waals surface area contributed by atoms with Gasteiger partial charge in [0.05, 0.1) is 17.9 Å². The van der Waals surface area contributed by atoms with Gasteiger partial charge in [-0.3, -0.25) is 0 Å². The van der Waals surface area contributed by atoms with Gasteiger partial charge in [-0.15, -0.1) is 0 Å². The third-order valence-corrected chi connectivity index (χ3v) is 5.06. The maximum Gasteiger partial charge on any atom is 0.111 e. The number of hydrogen-bond acceptors (Lipinski definition) is 2. The van der Waals surface area contributed by atoms with Gasteiger partial charge in [-0.1, -0.05) is 20.8 Å². The van der Waals surface area contributed by atoms with Gasteiger partial charge in [-0.25, -0.2) is 0 Å². The molecule has 3 rings (SSSR count). The molecule has 0 fully saturated rings. The standard InChI is InChI=1S/C16H20O2/c1-5-14-16(7-9-17-14)11(3)10(2)13-6-8-18-15(13)12(16)4/h5-12H,1-4H3/b14-5-/t10-,11+,12?,16?/m0/s1. The van der Waals surface area contributed by atoms with Crippen LogP contribution in [0.5, 0.6) is 0 Å². The van der Waals surface area contributed by atoms with Gasteiger partial charge in [0, 0.05) is 5.92 Å². The highest BCUT2D eigenvalue weighted by Gasteiger charge is 2.53. The molecule has 0 saturated heterocycles. The molecule has 2 nitrogen and oxygen atoms in total. The normalized spacial score (nSPS) is 40.2. The molecule has 1 aromatic rings. The van der Waals surface area contributed by atoms with Crippen LogP contribution in [0, 0.1) is 11.3 Å². The van der Waals surface area contributed by atoms with Crippen LogP contribution < -0.4 is 0 Å². The number of allylic oxidation sites excluding steroid dienone is 2. The van der Waals surface area contributed by atoms with E-state index in [2.05, 4.69) is 39.0 Å². The zero-order valence-electron chi connectivity index (χ0n) is 11.4. The minimum absolute atomic E-state index is 0.0426. The van der Waals surface area contributed by atoms with Crippen LogP contribution in [0.1, 0.15) is 50.9 Å². The van der Waals surface area contributed by atoms with Crippen molar-refractivity contribution >= 4 is 0 Å². The summed E-state index contributed by atoms with van der Waals surface area (Å²) in [6.45, 7) is 8.89. The van der Waals surface area contributed by atoms with Crippen molar-refractivity contribution < 1.29 is 9.15 Å². The molecule has 2 aliphatic rings. The average Bonchev–Trinajstić information content (AvgIpc) is 3.01. The van der Waals surface area contributed by atoms with E-state index in [4.69, 9.17) is 9.15 Å². The fourth-order valence-electron chi connectivity index (χ4n) is 3.81. The average molecular weight is 244 g/mol. The van der Waals surface area contributed by atoms with Crippen molar-refractivity contribution in [2.45, 2.75) is 39.5 Å². The van der Waals surface area contributed by atoms with Crippen molar-refractivity contribution in [1.29, 1.82) is 0 Å². The number of rotatable bonds is 0. The number of ether oxygens (including phenoxy) is 1. The first-order valence-corrected chi connectivity index (χ1v) is 6.71. The minimum Gasteiger partial charge on any atom is -0.469 e. The van der Waals surface area contributed by atoms with E-state index in [1.54, 1.807) is 0 Å². The maximum absolute atomic E-state index is 5.75. The van der Waals surface area contributed by atoms with Crippen LogP contribution in [0.15, 0.2) is 40.9 Å². The number of hydrogen-bond donors (Lipinski definition) is 0. The van der Waals surface area contributed by atoms with Gasteiger partial charge < -0.3 is 9.15 Å². The molecule has 0 bridgehead atoms. The Morgan fingerprint density at radius 3 is 2.78 bits per heavy atom. The zero-order valence-corrected chi connectivity index (χ0v) is 11.4. The van der Waals surface area contributed by atoms with Crippen molar-refractivity contribution in [3.63, 3.8) is 0 Å². The fraction of sp³-hybridized carbons (Fsp3) is 0.500. The minimum atomic E-state index is -0.0426. The molecular formula is C16H20O2. The van der Waals surface area contributed by atoms with Gasteiger partial charge >= 0.3 is 0 Å². The second-order valence-electron chi connectivity index (χ2n) is 5.55. The van der Waals surface area contributed by atoms with Crippen molar-refractivity contribution in [2.24, 2.45) is 11.3 Å². The molecule has 0 saturated carbocycles. The van der Waals surface area contributed by atoms with Gasteiger partial charge in [0.2, 0.25) is 0 Å². The molecule has 18 heavy (non-hydrogen) atoms. The van der Waals surface area contributed by atoms with Gasteiger partial charge in [0.25, 0.3) is 0 Å². The predicted octanol–water partition coefficient (Wildman–Crippen LogP) is 4.57.